The average Bonchev–Trinajstić information content (AvgIpc) is 2.83. The van der Waals surface area contributed by atoms with Crippen LogP contribution in [0.4, 0.5) is 0 Å². The van der Waals surface area contributed by atoms with Gasteiger partial charge in [-0.25, -0.2) is 0 Å². The summed E-state index contributed by atoms with van der Waals surface area (Å²) in [5.74, 6) is 0.796. The summed E-state index contributed by atoms with van der Waals surface area (Å²) in [5, 5.41) is 3.13. The Balaban J connectivity index is 1.31. The molecular weight excluding hydrogens is 262 g/mol. The Bertz CT molecular complexity index is 550. The molecule has 1 saturated carbocycles. The molecule has 0 aromatic heterocycles. The van der Waals surface area contributed by atoms with Crippen molar-refractivity contribution in [2.45, 2.75) is 50.0 Å². The molecular formula is C18H23NO2. The number of ether oxygens (including phenoxy) is 1. The topological polar surface area (TPSA) is 38.3 Å². The minimum atomic E-state index is 0.158. The first kappa shape index (κ1) is 13.3. The molecule has 3 heteroatoms. The fourth-order valence-electron chi connectivity index (χ4n) is 4.32. The van der Waals surface area contributed by atoms with Gasteiger partial charge in [0.1, 0.15) is 0 Å². The van der Waals surface area contributed by atoms with E-state index in [1.807, 2.05) is 0 Å². The number of nitrogens with one attached hydrogen (secondary N) is 1. The van der Waals surface area contributed by atoms with Gasteiger partial charge < -0.3 is 10.1 Å². The van der Waals surface area contributed by atoms with Gasteiger partial charge in [-0.05, 0) is 49.1 Å². The summed E-state index contributed by atoms with van der Waals surface area (Å²) in [5.41, 5.74) is 3.45. The number of carbonyl (C=O) groups is 1. The molecule has 3 atom stereocenters. The normalized spacial score (nSPS) is 33.1. The molecule has 0 radical (unpaired) electrons. The molecule has 1 heterocycles. The van der Waals surface area contributed by atoms with Crippen molar-refractivity contribution in [3.05, 3.63) is 35.4 Å². The third-order valence-electron chi connectivity index (χ3n) is 5.61. The SMILES string of the molecule is O=C(CC1CCCO1)NCC1CC12CCc1ccccc12. The van der Waals surface area contributed by atoms with E-state index in [2.05, 4.69) is 29.6 Å². The number of fused-ring (bicyclic) bond motifs is 2. The molecule has 1 aromatic rings. The van der Waals surface area contributed by atoms with E-state index in [1.54, 1.807) is 5.56 Å². The molecule has 3 nitrogen and oxygen atoms in total. The predicted molar refractivity (Wildman–Crippen MR) is 81.1 cm³/mol. The standard InChI is InChI=1S/C18H23NO2/c20-17(10-15-5-3-9-21-15)19-12-14-11-18(14)8-7-13-4-1-2-6-16(13)18/h1-2,4,6,14-15H,3,5,7-12H2,(H,19,20). The zero-order valence-electron chi connectivity index (χ0n) is 12.4. The Kier molecular flexibility index (Phi) is 3.26. The van der Waals surface area contributed by atoms with Crippen LogP contribution in [0.2, 0.25) is 0 Å². The van der Waals surface area contributed by atoms with E-state index in [9.17, 15) is 4.79 Å². The van der Waals surface area contributed by atoms with E-state index in [1.165, 1.54) is 24.8 Å². The number of hydrogen-bond acceptors (Lipinski definition) is 2. The van der Waals surface area contributed by atoms with Crippen LogP contribution in [0.25, 0.3) is 0 Å². The lowest BCUT2D eigenvalue weighted by Gasteiger charge is -2.13. The van der Waals surface area contributed by atoms with Crippen LogP contribution < -0.4 is 5.32 Å². The van der Waals surface area contributed by atoms with E-state index < -0.39 is 0 Å². The van der Waals surface area contributed by atoms with Crippen molar-refractivity contribution in [1.29, 1.82) is 0 Å². The first-order chi connectivity index (χ1) is 10.3. The molecule has 112 valence electrons. The maximum atomic E-state index is 12.0. The minimum Gasteiger partial charge on any atom is -0.378 e. The van der Waals surface area contributed by atoms with E-state index in [4.69, 9.17) is 4.74 Å². The molecule has 1 aromatic carbocycles. The molecule has 1 saturated heterocycles. The molecule has 1 spiro atoms. The Labute approximate surface area is 126 Å². The molecule has 1 amide bonds. The maximum Gasteiger partial charge on any atom is 0.222 e. The van der Waals surface area contributed by atoms with Crippen LogP contribution in [0.5, 0.6) is 0 Å². The summed E-state index contributed by atoms with van der Waals surface area (Å²) in [6, 6.07) is 8.84. The van der Waals surface area contributed by atoms with Gasteiger partial charge in [0.15, 0.2) is 0 Å². The van der Waals surface area contributed by atoms with Crippen molar-refractivity contribution in [3.8, 4) is 0 Å². The lowest BCUT2D eigenvalue weighted by molar-refractivity contribution is -0.123. The number of aryl methyl sites for hydroxylation is 1. The number of benzene rings is 1. The summed E-state index contributed by atoms with van der Waals surface area (Å²) < 4.78 is 5.52. The second kappa shape index (κ2) is 5.13. The molecule has 2 fully saturated rings. The third-order valence-corrected chi connectivity index (χ3v) is 5.61. The minimum absolute atomic E-state index is 0.158. The summed E-state index contributed by atoms with van der Waals surface area (Å²) >= 11 is 0. The highest BCUT2D eigenvalue weighted by Crippen LogP contribution is 2.61. The second-order valence-electron chi connectivity index (χ2n) is 6.86. The molecule has 21 heavy (non-hydrogen) atoms. The predicted octanol–water partition coefficient (Wildman–Crippen LogP) is 2.58. The third kappa shape index (κ3) is 2.38. The Morgan fingerprint density at radius 3 is 3.14 bits per heavy atom. The van der Waals surface area contributed by atoms with Crippen LogP contribution in [-0.4, -0.2) is 25.2 Å². The fourth-order valence-corrected chi connectivity index (χ4v) is 4.32. The first-order valence-corrected chi connectivity index (χ1v) is 8.25. The van der Waals surface area contributed by atoms with Crippen LogP contribution in [0.1, 0.15) is 43.2 Å². The largest absolute Gasteiger partial charge is 0.378 e. The van der Waals surface area contributed by atoms with Crippen molar-refractivity contribution >= 4 is 5.91 Å². The highest BCUT2D eigenvalue weighted by molar-refractivity contribution is 5.76. The van der Waals surface area contributed by atoms with Crippen LogP contribution in [-0.2, 0) is 21.4 Å². The van der Waals surface area contributed by atoms with Gasteiger partial charge in [-0.3, -0.25) is 4.79 Å². The molecule has 1 N–H and O–H groups in total. The van der Waals surface area contributed by atoms with Crippen molar-refractivity contribution in [3.63, 3.8) is 0 Å². The zero-order valence-corrected chi connectivity index (χ0v) is 12.4. The Hall–Kier alpha value is -1.35. The van der Waals surface area contributed by atoms with Gasteiger partial charge in [-0.15, -0.1) is 0 Å². The molecule has 3 aliphatic rings. The number of hydrogen-bond donors (Lipinski definition) is 1. The fraction of sp³-hybridized carbons (Fsp3) is 0.611. The molecule has 4 rings (SSSR count). The van der Waals surface area contributed by atoms with Crippen molar-refractivity contribution in [2.24, 2.45) is 5.92 Å². The van der Waals surface area contributed by atoms with Crippen molar-refractivity contribution in [1.82, 2.24) is 5.32 Å². The maximum absolute atomic E-state index is 12.0. The van der Waals surface area contributed by atoms with Crippen molar-refractivity contribution in [2.75, 3.05) is 13.2 Å². The van der Waals surface area contributed by atoms with E-state index >= 15 is 0 Å². The summed E-state index contributed by atoms with van der Waals surface area (Å²) in [6.07, 6.45) is 6.54. The zero-order chi connectivity index (χ0) is 14.3. The average molecular weight is 285 g/mol. The van der Waals surface area contributed by atoms with Crippen LogP contribution in [0.15, 0.2) is 24.3 Å². The van der Waals surface area contributed by atoms with Gasteiger partial charge in [0.2, 0.25) is 5.91 Å². The van der Waals surface area contributed by atoms with Gasteiger partial charge in [0.25, 0.3) is 0 Å². The number of rotatable bonds is 4. The van der Waals surface area contributed by atoms with Gasteiger partial charge in [0.05, 0.1) is 12.5 Å². The highest BCUT2D eigenvalue weighted by Gasteiger charge is 2.57. The lowest BCUT2D eigenvalue weighted by Crippen LogP contribution is -2.30. The monoisotopic (exact) mass is 285 g/mol. The number of amides is 1. The van der Waals surface area contributed by atoms with Gasteiger partial charge in [0, 0.05) is 18.6 Å². The molecule has 1 aliphatic heterocycles. The smallest absolute Gasteiger partial charge is 0.222 e. The Morgan fingerprint density at radius 2 is 2.29 bits per heavy atom. The summed E-state index contributed by atoms with van der Waals surface area (Å²) in [4.78, 5) is 12.0. The molecule has 0 bridgehead atoms. The quantitative estimate of drug-likeness (QED) is 0.923. The van der Waals surface area contributed by atoms with E-state index in [0.717, 1.165) is 26.0 Å². The Morgan fingerprint density at radius 1 is 1.38 bits per heavy atom. The van der Waals surface area contributed by atoms with Gasteiger partial charge in [-0.1, -0.05) is 24.3 Å². The van der Waals surface area contributed by atoms with Crippen LogP contribution in [0.3, 0.4) is 0 Å². The van der Waals surface area contributed by atoms with Crippen LogP contribution >= 0.6 is 0 Å². The lowest BCUT2D eigenvalue weighted by atomic mass is 9.95. The van der Waals surface area contributed by atoms with Gasteiger partial charge >= 0.3 is 0 Å². The summed E-state index contributed by atoms with van der Waals surface area (Å²) in [6.45, 7) is 1.65. The van der Waals surface area contributed by atoms with Crippen LogP contribution in [0, 0.1) is 5.92 Å². The highest BCUT2D eigenvalue weighted by atomic mass is 16.5. The first-order valence-electron chi connectivity index (χ1n) is 8.25. The van der Waals surface area contributed by atoms with E-state index in [-0.39, 0.29) is 12.0 Å². The van der Waals surface area contributed by atoms with Gasteiger partial charge in [-0.2, -0.15) is 0 Å². The number of carbonyl (C=O) groups excluding carboxylic acids is 1. The second-order valence-corrected chi connectivity index (χ2v) is 6.86. The van der Waals surface area contributed by atoms with E-state index in [0.29, 0.717) is 17.8 Å². The summed E-state index contributed by atoms with van der Waals surface area (Å²) in [7, 11) is 0. The van der Waals surface area contributed by atoms with Crippen molar-refractivity contribution < 1.29 is 9.53 Å². The molecule has 2 aliphatic carbocycles. The molecule has 3 unspecified atom stereocenters.